The van der Waals surface area contributed by atoms with Gasteiger partial charge >= 0.3 is 0 Å². The van der Waals surface area contributed by atoms with Crippen LogP contribution in [0.2, 0.25) is 0 Å². The summed E-state index contributed by atoms with van der Waals surface area (Å²) in [6.07, 6.45) is 1.73. The van der Waals surface area contributed by atoms with E-state index in [1.54, 1.807) is 18.2 Å². The number of carbonyl (C=O) groups excluding carboxylic acids is 2. The Morgan fingerprint density at radius 1 is 1.07 bits per heavy atom. The monoisotopic (exact) mass is 401 g/mol. The van der Waals surface area contributed by atoms with E-state index < -0.39 is 15.9 Å². The van der Waals surface area contributed by atoms with Crippen molar-refractivity contribution < 1.29 is 22.7 Å². The van der Waals surface area contributed by atoms with Crippen LogP contribution in [0.1, 0.15) is 23.2 Å². The van der Waals surface area contributed by atoms with Crippen LogP contribution in [-0.2, 0) is 14.8 Å². The molecule has 1 fully saturated rings. The molecule has 2 heterocycles. The molecule has 1 saturated heterocycles. The van der Waals surface area contributed by atoms with Crippen LogP contribution in [-0.4, -0.2) is 44.2 Å². The third-order valence-corrected chi connectivity index (χ3v) is 6.62. The predicted octanol–water partition coefficient (Wildman–Crippen LogP) is 2.05. The van der Waals surface area contributed by atoms with Crippen molar-refractivity contribution >= 4 is 33.2 Å². The Bertz CT molecular complexity index is 1030. The van der Waals surface area contributed by atoms with Crippen LogP contribution in [0.25, 0.3) is 0 Å². The molecule has 0 spiro atoms. The molecular weight excluding hydrogens is 382 g/mol. The van der Waals surface area contributed by atoms with Gasteiger partial charge in [0.2, 0.25) is 10.0 Å². The summed E-state index contributed by atoms with van der Waals surface area (Å²) in [7, 11) is -3.52. The van der Waals surface area contributed by atoms with E-state index in [-0.39, 0.29) is 17.4 Å². The third kappa shape index (κ3) is 3.46. The SMILES string of the molecule is O=C1COc2c(cccc2NC(=O)c2ccc(S(=O)(=O)N3CCCC3)cc2)N1. The van der Waals surface area contributed by atoms with Crippen molar-refractivity contribution in [1.29, 1.82) is 0 Å². The lowest BCUT2D eigenvalue weighted by atomic mass is 10.2. The highest BCUT2D eigenvalue weighted by Gasteiger charge is 2.27. The fraction of sp³-hybridized carbons (Fsp3) is 0.263. The summed E-state index contributed by atoms with van der Waals surface area (Å²) in [6.45, 7) is 0.934. The number of sulfonamides is 1. The number of hydrogen-bond acceptors (Lipinski definition) is 5. The number of fused-ring (bicyclic) bond motifs is 1. The molecule has 4 rings (SSSR count). The second-order valence-electron chi connectivity index (χ2n) is 6.61. The van der Waals surface area contributed by atoms with Gasteiger partial charge in [0.15, 0.2) is 12.4 Å². The Morgan fingerprint density at radius 3 is 2.50 bits per heavy atom. The molecule has 146 valence electrons. The Kier molecular flexibility index (Phi) is 4.78. The minimum Gasteiger partial charge on any atom is -0.479 e. The highest BCUT2D eigenvalue weighted by Crippen LogP contribution is 2.35. The molecule has 0 aliphatic carbocycles. The second kappa shape index (κ2) is 7.25. The lowest BCUT2D eigenvalue weighted by Gasteiger charge is -2.20. The minimum atomic E-state index is -3.52. The fourth-order valence-electron chi connectivity index (χ4n) is 3.26. The van der Waals surface area contributed by atoms with E-state index in [2.05, 4.69) is 10.6 Å². The molecule has 2 aliphatic rings. The molecule has 2 amide bonds. The van der Waals surface area contributed by atoms with Gasteiger partial charge in [-0.25, -0.2) is 8.42 Å². The largest absolute Gasteiger partial charge is 0.479 e. The number of anilines is 2. The molecular formula is C19H19N3O5S. The molecule has 0 saturated carbocycles. The van der Waals surface area contributed by atoms with Gasteiger partial charge in [0.25, 0.3) is 11.8 Å². The molecule has 9 heteroatoms. The lowest BCUT2D eigenvalue weighted by Crippen LogP contribution is -2.28. The van der Waals surface area contributed by atoms with Gasteiger partial charge in [-0.3, -0.25) is 9.59 Å². The summed E-state index contributed by atoms with van der Waals surface area (Å²) >= 11 is 0. The highest BCUT2D eigenvalue weighted by atomic mass is 32.2. The van der Waals surface area contributed by atoms with Crippen LogP contribution < -0.4 is 15.4 Å². The molecule has 2 aromatic carbocycles. The van der Waals surface area contributed by atoms with E-state index in [1.807, 2.05) is 0 Å². The van der Waals surface area contributed by atoms with Crippen molar-refractivity contribution in [2.45, 2.75) is 17.7 Å². The highest BCUT2D eigenvalue weighted by molar-refractivity contribution is 7.89. The van der Waals surface area contributed by atoms with Crippen LogP contribution in [0, 0.1) is 0 Å². The zero-order chi connectivity index (χ0) is 19.7. The molecule has 0 aromatic heterocycles. The number of ether oxygens (including phenoxy) is 1. The van der Waals surface area contributed by atoms with E-state index in [0.717, 1.165) is 12.8 Å². The zero-order valence-electron chi connectivity index (χ0n) is 15.0. The molecule has 2 aromatic rings. The van der Waals surface area contributed by atoms with E-state index in [4.69, 9.17) is 4.74 Å². The van der Waals surface area contributed by atoms with Gasteiger partial charge in [-0.2, -0.15) is 4.31 Å². The van der Waals surface area contributed by atoms with Crippen LogP contribution >= 0.6 is 0 Å². The molecule has 0 atom stereocenters. The fourth-order valence-corrected chi connectivity index (χ4v) is 4.78. The number of nitrogens with one attached hydrogen (secondary N) is 2. The van der Waals surface area contributed by atoms with Crippen LogP contribution in [0.15, 0.2) is 47.4 Å². The number of carbonyl (C=O) groups is 2. The third-order valence-electron chi connectivity index (χ3n) is 4.70. The molecule has 0 unspecified atom stereocenters. The average molecular weight is 401 g/mol. The van der Waals surface area contributed by atoms with E-state index in [9.17, 15) is 18.0 Å². The van der Waals surface area contributed by atoms with Crippen molar-refractivity contribution in [3.8, 4) is 5.75 Å². The maximum atomic E-state index is 12.6. The van der Waals surface area contributed by atoms with E-state index in [0.29, 0.717) is 35.8 Å². The first-order chi connectivity index (χ1) is 13.4. The van der Waals surface area contributed by atoms with E-state index >= 15 is 0 Å². The van der Waals surface area contributed by atoms with Crippen LogP contribution in [0.3, 0.4) is 0 Å². The van der Waals surface area contributed by atoms with Gasteiger partial charge in [0.1, 0.15) is 0 Å². The second-order valence-corrected chi connectivity index (χ2v) is 8.55. The van der Waals surface area contributed by atoms with Crippen LogP contribution in [0.5, 0.6) is 5.75 Å². The smallest absolute Gasteiger partial charge is 0.262 e. The zero-order valence-corrected chi connectivity index (χ0v) is 15.8. The first-order valence-corrected chi connectivity index (χ1v) is 10.4. The summed E-state index contributed by atoms with van der Waals surface area (Å²) in [5, 5.41) is 5.42. The maximum Gasteiger partial charge on any atom is 0.262 e. The number of hydrogen-bond donors (Lipinski definition) is 2. The summed E-state index contributed by atoms with van der Waals surface area (Å²) in [4.78, 5) is 24.2. The van der Waals surface area contributed by atoms with E-state index in [1.165, 1.54) is 28.6 Å². The quantitative estimate of drug-likeness (QED) is 0.816. The summed E-state index contributed by atoms with van der Waals surface area (Å²) in [5.41, 5.74) is 1.23. The molecule has 0 bridgehead atoms. The van der Waals surface area contributed by atoms with Crippen molar-refractivity contribution in [1.82, 2.24) is 4.31 Å². The minimum absolute atomic E-state index is 0.122. The molecule has 28 heavy (non-hydrogen) atoms. The van der Waals surface area contributed by atoms with Crippen molar-refractivity contribution in [2.24, 2.45) is 0 Å². The number of rotatable bonds is 4. The average Bonchev–Trinajstić information content (AvgIpc) is 3.24. The molecule has 2 aliphatic heterocycles. The summed E-state index contributed by atoms with van der Waals surface area (Å²) in [6, 6.07) is 10.9. The summed E-state index contributed by atoms with van der Waals surface area (Å²) in [5.74, 6) is -0.270. The van der Waals surface area contributed by atoms with Gasteiger partial charge in [0.05, 0.1) is 16.3 Å². The number of benzene rings is 2. The molecule has 2 N–H and O–H groups in total. The Balaban J connectivity index is 1.52. The van der Waals surface area contributed by atoms with Crippen molar-refractivity contribution in [2.75, 3.05) is 30.3 Å². The molecule has 0 radical (unpaired) electrons. The maximum absolute atomic E-state index is 12.6. The molecule has 8 nitrogen and oxygen atoms in total. The number of amides is 2. The standard InChI is InChI=1S/C19H19N3O5S/c23-17-12-27-18-15(20-17)4-3-5-16(18)21-19(24)13-6-8-14(9-7-13)28(25,26)22-10-1-2-11-22/h3-9H,1-2,10-12H2,(H,20,23)(H,21,24). The topological polar surface area (TPSA) is 105 Å². The number of para-hydroxylation sites is 1. The van der Waals surface area contributed by atoms with Gasteiger partial charge in [-0.15, -0.1) is 0 Å². The van der Waals surface area contributed by atoms with Crippen molar-refractivity contribution in [3.63, 3.8) is 0 Å². The van der Waals surface area contributed by atoms with Crippen LogP contribution in [0.4, 0.5) is 11.4 Å². The first kappa shape index (κ1) is 18.5. The Hall–Kier alpha value is -2.91. The lowest BCUT2D eigenvalue weighted by molar-refractivity contribution is -0.118. The van der Waals surface area contributed by atoms with Crippen molar-refractivity contribution in [3.05, 3.63) is 48.0 Å². The van der Waals surface area contributed by atoms with Gasteiger partial charge in [-0.1, -0.05) is 6.07 Å². The van der Waals surface area contributed by atoms with Gasteiger partial charge in [-0.05, 0) is 49.2 Å². The van der Waals surface area contributed by atoms with Gasteiger partial charge in [0, 0.05) is 18.7 Å². The van der Waals surface area contributed by atoms with Gasteiger partial charge < -0.3 is 15.4 Å². The first-order valence-electron chi connectivity index (χ1n) is 8.92. The normalized spacial score (nSPS) is 16.8. The number of nitrogens with zero attached hydrogens (tertiary/aromatic N) is 1. The Morgan fingerprint density at radius 2 is 1.79 bits per heavy atom. The summed E-state index contributed by atoms with van der Waals surface area (Å²) < 4.78 is 32.0. The Labute approximate surface area is 162 Å². The predicted molar refractivity (Wildman–Crippen MR) is 103 cm³/mol.